The molecule has 0 atom stereocenters. The van der Waals surface area contributed by atoms with Gasteiger partial charge in [-0.15, -0.1) is 0 Å². The summed E-state index contributed by atoms with van der Waals surface area (Å²) in [7, 11) is 4.06. The van der Waals surface area contributed by atoms with Crippen molar-refractivity contribution in [3.8, 4) is 11.5 Å². The van der Waals surface area contributed by atoms with E-state index in [0.29, 0.717) is 27.7 Å². The van der Waals surface area contributed by atoms with Gasteiger partial charge in [0.1, 0.15) is 5.75 Å². The van der Waals surface area contributed by atoms with Gasteiger partial charge in [0, 0.05) is 41.4 Å². The lowest BCUT2D eigenvalue weighted by Crippen LogP contribution is -2.31. The van der Waals surface area contributed by atoms with E-state index in [2.05, 4.69) is 9.13 Å². The maximum atomic E-state index is 12.6. The van der Waals surface area contributed by atoms with Crippen molar-refractivity contribution in [2.45, 2.75) is 155 Å². The Labute approximate surface area is 392 Å². The Bertz CT molecular complexity index is 2780. The fourth-order valence-corrected chi connectivity index (χ4v) is 11.5. The fourth-order valence-electron chi connectivity index (χ4n) is 9.24. The van der Waals surface area contributed by atoms with Crippen LogP contribution >= 0.6 is 21.6 Å². The molecule has 16 heteroatoms. The van der Waals surface area contributed by atoms with Crippen molar-refractivity contribution in [3.63, 3.8) is 0 Å². The van der Waals surface area contributed by atoms with Gasteiger partial charge in [0.25, 0.3) is 5.76 Å². The van der Waals surface area contributed by atoms with Crippen LogP contribution in [0.1, 0.15) is 150 Å². The summed E-state index contributed by atoms with van der Waals surface area (Å²) < 4.78 is 15.2. The standard InChI is InChI=1S/C50H66N4O10S2/c1-31-41(51)39-35(24-23-33-43(57)46(60)49(50(61)62)64-47(33)39)53(31)25-19-15-11-7-3-5-9-13-17-21-27-65-66-28-22-18-14-10-6-4-8-12-16-20-26-54-32(2)42(52)40-36(54)29-34-38(45(59)44(34)58)48(40)63-30-37(55)56/h23-24,29,60H,3-22,25-28,30,51-52H2,1-2H3,(H,55,56)(H,61,62). The minimum Gasteiger partial charge on any atom is -0.501 e. The molecular weight excluding hydrogens is 881 g/mol. The number of aryl methyl sites for hydroxylation is 2. The first-order chi connectivity index (χ1) is 31.8. The number of aromatic nitrogens is 2. The molecule has 0 unspecified atom stereocenters. The summed E-state index contributed by atoms with van der Waals surface area (Å²) >= 11 is 0. The van der Waals surface area contributed by atoms with Crippen LogP contribution in [0.5, 0.6) is 11.5 Å². The van der Waals surface area contributed by atoms with Gasteiger partial charge in [0.15, 0.2) is 12.2 Å². The van der Waals surface area contributed by atoms with Gasteiger partial charge in [-0.2, -0.15) is 0 Å². The number of aromatic carboxylic acids is 1. The van der Waals surface area contributed by atoms with E-state index < -0.39 is 46.3 Å². The van der Waals surface area contributed by atoms with E-state index in [1.54, 1.807) is 18.2 Å². The maximum Gasteiger partial charge on any atom is 0.375 e. The molecule has 3 aromatic heterocycles. The molecule has 0 saturated carbocycles. The summed E-state index contributed by atoms with van der Waals surface area (Å²) in [6.07, 6.45) is 24.3. The van der Waals surface area contributed by atoms with Gasteiger partial charge in [-0.25, -0.2) is 9.59 Å². The topological polar surface area (TPSA) is 230 Å². The highest BCUT2D eigenvalue weighted by molar-refractivity contribution is 8.76. The second-order valence-corrected chi connectivity index (χ2v) is 20.3. The first-order valence-electron chi connectivity index (χ1n) is 23.8. The van der Waals surface area contributed by atoms with Crippen molar-refractivity contribution < 1.29 is 34.1 Å². The van der Waals surface area contributed by atoms with Crippen LogP contribution < -0.4 is 32.5 Å². The van der Waals surface area contributed by atoms with Gasteiger partial charge in [-0.1, -0.05) is 124 Å². The Balaban J connectivity index is 0.720. The third-order valence-electron chi connectivity index (χ3n) is 13.0. The number of carboxylic acid groups (broad SMARTS) is 2. The Morgan fingerprint density at radius 2 is 1.08 bits per heavy atom. The molecule has 14 nitrogen and oxygen atoms in total. The number of rotatable bonds is 31. The number of nitrogen functional groups attached to an aromatic ring is 2. The fraction of sp³-hybridized carbons (Fsp3) is 0.540. The zero-order valence-corrected chi connectivity index (χ0v) is 40.1. The molecule has 6 rings (SSSR count). The average molecular weight is 947 g/mol. The largest absolute Gasteiger partial charge is 0.501 e. The minimum absolute atomic E-state index is 0.0873. The number of aromatic hydroxyl groups is 1. The predicted molar refractivity (Wildman–Crippen MR) is 270 cm³/mol. The molecule has 0 fully saturated rings. The number of unbranched alkanes of at least 4 members (excludes halogenated alkanes) is 18. The molecule has 0 aliphatic rings. The van der Waals surface area contributed by atoms with E-state index in [-0.39, 0.29) is 27.5 Å². The summed E-state index contributed by atoms with van der Waals surface area (Å²) in [5.41, 5.74) is 15.0. The number of nitrogens with two attached hydrogens (primary N) is 2. The zero-order chi connectivity index (χ0) is 47.3. The summed E-state index contributed by atoms with van der Waals surface area (Å²) in [6, 6.07) is 5.04. The van der Waals surface area contributed by atoms with Crippen LogP contribution in [0.25, 0.3) is 43.5 Å². The lowest BCUT2D eigenvalue weighted by Gasteiger charge is -2.12. The number of hydrogen-bond acceptors (Lipinski definition) is 12. The average Bonchev–Trinajstić information content (AvgIpc) is 3.69. The number of ether oxygens (including phenoxy) is 1. The molecular formula is C50H66N4O10S2. The molecule has 0 spiro atoms. The third-order valence-corrected chi connectivity index (χ3v) is 15.6. The van der Waals surface area contributed by atoms with E-state index in [9.17, 15) is 34.2 Å². The van der Waals surface area contributed by atoms with Crippen LogP contribution in [0, 0.1) is 13.8 Å². The molecule has 0 radical (unpaired) electrons. The first-order valence-corrected chi connectivity index (χ1v) is 26.3. The Morgan fingerprint density at radius 3 is 1.58 bits per heavy atom. The van der Waals surface area contributed by atoms with Crippen LogP contribution in [0.2, 0.25) is 0 Å². The highest BCUT2D eigenvalue weighted by atomic mass is 33.1. The molecule has 6 aromatic rings. The number of benzene rings is 2. The van der Waals surface area contributed by atoms with E-state index in [0.717, 1.165) is 62.1 Å². The van der Waals surface area contributed by atoms with Gasteiger partial charge >= 0.3 is 11.9 Å². The molecule has 66 heavy (non-hydrogen) atoms. The molecule has 0 amide bonds. The van der Waals surface area contributed by atoms with Gasteiger partial charge in [-0.05, 0) is 57.7 Å². The first kappa shape index (κ1) is 50.3. The van der Waals surface area contributed by atoms with Crippen LogP contribution in [0.3, 0.4) is 0 Å². The third kappa shape index (κ3) is 11.7. The highest BCUT2D eigenvalue weighted by Crippen LogP contribution is 2.41. The van der Waals surface area contributed by atoms with Crippen LogP contribution in [-0.4, -0.2) is 54.5 Å². The van der Waals surface area contributed by atoms with Crippen LogP contribution in [0.4, 0.5) is 11.4 Å². The van der Waals surface area contributed by atoms with Crippen molar-refractivity contribution in [2.75, 3.05) is 29.6 Å². The van der Waals surface area contributed by atoms with E-state index in [4.69, 9.17) is 25.7 Å². The predicted octanol–water partition coefficient (Wildman–Crippen LogP) is 11.0. The maximum absolute atomic E-state index is 12.6. The van der Waals surface area contributed by atoms with Crippen molar-refractivity contribution in [1.82, 2.24) is 9.13 Å². The van der Waals surface area contributed by atoms with Crippen molar-refractivity contribution in [1.29, 1.82) is 0 Å². The second kappa shape index (κ2) is 24.1. The van der Waals surface area contributed by atoms with E-state index in [1.807, 2.05) is 35.4 Å². The molecule has 0 aliphatic heterocycles. The zero-order valence-electron chi connectivity index (χ0n) is 38.5. The van der Waals surface area contributed by atoms with Gasteiger partial charge in [-0.3, -0.25) is 14.4 Å². The van der Waals surface area contributed by atoms with Crippen molar-refractivity contribution in [2.24, 2.45) is 0 Å². The number of fused-ring (bicyclic) bond motifs is 5. The Hall–Kier alpha value is -5.09. The lowest BCUT2D eigenvalue weighted by atomic mass is 10.0. The number of carbonyl (C=O) groups is 2. The van der Waals surface area contributed by atoms with Crippen LogP contribution in [-0.2, 0) is 17.9 Å². The summed E-state index contributed by atoms with van der Waals surface area (Å²) in [5.74, 6) is -1.81. The van der Waals surface area contributed by atoms with Crippen LogP contribution in [0.15, 0.2) is 37.0 Å². The molecule has 3 heterocycles. The molecule has 0 aliphatic carbocycles. The molecule has 0 saturated heterocycles. The lowest BCUT2D eigenvalue weighted by molar-refractivity contribution is -0.139. The number of anilines is 2. The van der Waals surface area contributed by atoms with E-state index >= 15 is 0 Å². The Morgan fingerprint density at radius 1 is 0.606 bits per heavy atom. The molecule has 7 N–H and O–H groups in total. The Kier molecular flexibility index (Phi) is 18.4. The number of aliphatic carboxylic acids is 1. The normalized spacial score (nSPS) is 11.9. The number of hydrogen-bond donors (Lipinski definition) is 5. The van der Waals surface area contributed by atoms with E-state index in [1.165, 1.54) is 108 Å². The molecule has 358 valence electrons. The molecule has 3 aromatic carbocycles. The van der Waals surface area contributed by atoms with Gasteiger partial charge < -0.3 is 45.1 Å². The SMILES string of the molecule is Cc1c(N)c2c(OCC(=O)O)c3c(=O)c(=O)c3cc2n1CCCCCCCCCCCCSSCCCCCCCCCCCCn1c(C)c(N)c2c3oc(C(=O)O)c(O)c(=O)c3ccc21. The summed E-state index contributed by atoms with van der Waals surface area (Å²) in [5, 5.41) is 30.1. The molecule has 0 bridgehead atoms. The highest BCUT2D eigenvalue weighted by Gasteiger charge is 2.27. The minimum atomic E-state index is -1.51. The monoisotopic (exact) mass is 946 g/mol. The van der Waals surface area contributed by atoms with Gasteiger partial charge in [0.2, 0.25) is 22.0 Å². The van der Waals surface area contributed by atoms with Gasteiger partial charge in [0.05, 0.1) is 44.0 Å². The smallest absolute Gasteiger partial charge is 0.375 e. The number of nitrogens with zero attached hydrogens (tertiary/aromatic N) is 2. The quantitative estimate of drug-likeness (QED) is 0.0155. The van der Waals surface area contributed by atoms with Crippen molar-refractivity contribution in [3.05, 3.63) is 66.0 Å². The second-order valence-electron chi connectivity index (χ2n) is 17.6. The summed E-state index contributed by atoms with van der Waals surface area (Å²) in [4.78, 5) is 59.9. The summed E-state index contributed by atoms with van der Waals surface area (Å²) in [6.45, 7) is 4.67. The van der Waals surface area contributed by atoms with Crippen molar-refractivity contribution >= 4 is 88.4 Å². The number of carboxylic acids is 2.